The lowest BCUT2D eigenvalue weighted by Crippen LogP contribution is -2.51. The third-order valence-corrected chi connectivity index (χ3v) is 3.13. The Kier molecular flexibility index (Phi) is 4.12. The highest BCUT2D eigenvalue weighted by Gasteiger charge is 2.37. The van der Waals surface area contributed by atoms with Crippen molar-refractivity contribution in [2.75, 3.05) is 6.54 Å². The average molecular weight is 230 g/mol. The van der Waals surface area contributed by atoms with E-state index in [1.807, 2.05) is 37.3 Å². The van der Waals surface area contributed by atoms with Crippen LogP contribution in [0.2, 0.25) is 0 Å². The molecule has 0 radical (unpaired) electrons. The van der Waals surface area contributed by atoms with Crippen LogP contribution < -0.4 is 5.32 Å². The molecule has 1 nitrogen and oxygen atoms in total. The van der Waals surface area contributed by atoms with Crippen LogP contribution in [0.5, 0.6) is 0 Å². The van der Waals surface area contributed by atoms with Crippen molar-refractivity contribution >= 4 is 12.4 Å². The van der Waals surface area contributed by atoms with Gasteiger partial charge in [0, 0.05) is 0 Å². The summed E-state index contributed by atoms with van der Waals surface area (Å²) in [5.74, 6) is 0. The van der Waals surface area contributed by atoms with Crippen LogP contribution in [-0.4, -0.2) is 12.7 Å². The Morgan fingerprint density at radius 2 is 2.00 bits per heavy atom. The fraction of sp³-hybridized carbons (Fsp3) is 0.500. The van der Waals surface area contributed by atoms with E-state index < -0.39 is 11.7 Å². The van der Waals surface area contributed by atoms with E-state index >= 15 is 0 Å². The van der Waals surface area contributed by atoms with Crippen LogP contribution in [-0.2, 0) is 5.54 Å². The molecule has 1 aromatic rings. The molecule has 0 aromatic heterocycles. The van der Waals surface area contributed by atoms with Gasteiger partial charge in [0.2, 0.25) is 0 Å². The van der Waals surface area contributed by atoms with E-state index in [2.05, 4.69) is 5.32 Å². The van der Waals surface area contributed by atoms with Gasteiger partial charge in [-0.05, 0) is 31.9 Å². The normalized spacial score (nSPS) is 30.7. The number of benzene rings is 1. The first-order valence-corrected chi connectivity index (χ1v) is 5.18. The van der Waals surface area contributed by atoms with Crippen LogP contribution in [0.1, 0.15) is 25.3 Å². The lowest BCUT2D eigenvalue weighted by atomic mass is 9.82. The number of alkyl halides is 1. The summed E-state index contributed by atoms with van der Waals surface area (Å²) in [6.07, 6.45) is 0.820. The van der Waals surface area contributed by atoms with Gasteiger partial charge in [-0.15, -0.1) is 12.4 Å². The summed E-state index contributed by atoms with van der Waals surface area (Å²) >= 11 is 0. The van der Waals surface area contributed by atoms with Gasteiger partial charge < -0.3 is 5.32 Å². The largest absolute Gasteiger partial charge is 0.305 e. The Labute approximate surface area is 96.5 Å². The molecule has 1 aliphatic heterocycles. The zero-order valence-electron chi connectivity index (χ0n) is 8.87. The third kappa shape index (κ3) is 2.32. The minimum atomic E-state index is -0.779. The summed E-state index contributed by atoms with van der Waals surface area (Å²) in [6.45, 7) is 2.86. The van der Waals surface area contributed by atoms with Gasteiger partial charge in [-0.3, -0.25) is 0 Å². The molecule has 2 rings (SSSR count). The third-order valence-electron chi connectivity index (χ3n) is 3.13. The molecule has 0 amide bonds. The highest BCUT2D eigenvalue weighted by Crippen LogP contribution is 2.32. The molecular formula is C12H17ClFN. The van der Waals surface area contributed by atoms with Crippen molar-refractivity contribution in [3.63, 3.8) is 0 Å². The smallest absolute Gasteiger partial charge is 0.122 e. The summed E-state index contributed by atoms with van der Waals surface area (Å²) in [4.78, 5) is 0. The van der Waals surface area contributed by atoms with Crippen LogP contribution in [0.15, 0.2) is 30.3 Å². The molecule has 0 bridgehead atoms. The van der Waals surface area contributed by atoms with Crippen molar-refractivity contribution < 1.29 is 4.39 Å². The van der Waals surface area contributed by atoms with Gasteiger partial charge in [-0.2, -0.15) is 0 Å². The number of nitrogens with one attached hydrogen (secondary N) is 1. The summed E-state index contributed by atoms with van der Waals surface area (Å²) < 4.78 is 13.9. The SMILES string of the molecule is CC1(c2ccccc2)NCCCC1F.Cl. The lowest BCUT2D eigenvalue weighted by Gasteiger charge is -2.38. The topological polar surface area (TPSA) is 12.0 Å². The maximum atomic E-state index is 13.9. The lowest BCUT2D eigenvalue weighted by molar-refractivity contribution is 0.121. The summed E-state index contributed by atoms with van der Waals surface area (Å²) in [5, 5.41) is 3.29. The van der Waals surface area contributed by atoms with Crippen LogP contribution >= 0.6 is 12.4 Å². The molecule has 15 heavy (non-hydrogen) atoms. The second-order valence-electron chi connectivity index (χ2n) is 4.10. The van der Waals surface area contributed by atoms with E-state index in [0.29, 0.717) is 6.42 Å². The van der Waals surface area contributed by atoms with Crippen LogP contribution in [0.4, 0.5) is 4.39 Å². The molecule has 2 atom stereocenters. The predicted molar refractivity (Wildman–Crippen MR) is 63.2 cm³/mol. The highest BCUT2D eigenvalue weighted by atomic mass is 35.5. The van der Waals surface area contributed by atoms with Crippen molar-refractivity contribution in [3.05, 3.63) is 35.9 Å². The molecule has 1 saturated heterocycles. The Balaban J connectivity index is 0.00000112. The number of hydrogen-bond acceptors (Lipinski definition) is 1. The zero-order chi connectivity index (χ0) is 10.0. The van der Waals surface area contributed by atoms with Crippen LogP contribution in [0, 0.1) is 0 Å². The molecule has 1 fully saturated rings. The zero-order valence-corrected chi connectivity index (χ0v) is 9.69. The first kappa shape index (κ1) is 12.5. The van der Waals surface area contributed by atoms with Crippen LogP contribution in [0.3, 0.4) is 0 Å². The van der Waals surface area contributed by atoms with Gasteiger partial charge >= 0.3 is 0 Å². The molecule has 0 saturated carbocycles. The fourth-order valence-corrected chi connectivity index (χ4v) is 2.10. The highest BCUT2D eigenvalue weighted by molar-refractivity contribution is 5.85. The summed E-state index contributed by atoms with van der Waals surface area (Å²) in [5.41, 5.74) is 0.562. The standard InChI is InChI=1S/C12H16FN.ClH/c1-12(10-6-3-2-4-7-10)11(13)8-5-9-14-12;/h2-4,6-7,11,14H,5,8-9H2,1H3;1H. The monoisotopic (exact) mass is 229 g/mol. The molecule has 0 aliphatic carbocycles. The second kappa shape index (κ2) is 4.95. The molecular weight excluding hydrogens is 213 g/mol. The molecule has 3 heteroatoms. The Bertz CT molecular complexity index is 304. The number of hydrogen-bond donors (Lipinski definition) is 1. The molecule has 0 spiro atoms. The minimum Gasteiger partial charge on any atom is -0.305 e. The average Bonchev–Trinajstić information content (AvgIpc) is 2.24. The van der Waals surface area contributed by atoms with Crippen molar-refractivity contribution in [1.29, 1.82) is 0 Å². The summed E-state index contributed by atoms with van der Waals surface area (Å²) in [6, 6.07) is 9.87. The fourth-order valence-electron chi connectivity index (χ4n) is 2.10. The molecule has 84 valence electrons. The summed E-state index contributed by atoms with van der Waals surface area (Å²) in [7, 11) is 0. The van der Waals surface area contributed by atoms with E-state index in [0.717, 1.165) is 18.5 Å². The molecule has 1 aromatic carbocycles. The van der Waals surface area contributed by atoms with E-state index in [-0.39, 0.29) is 12.4 Å². The Hall–Kier alpha value is -0.600. The maximum absolute atomic E-state index is 13.9. The number of halogens is 2. The first-order chi connectivity index (χ1) is 6.73. The predicted octanol–water partition coefficient (Wildman–Crippen LogP) is 3.05. The van der Waals surface area contributed by atoms with E-state index in [4.69, 9.17) is 0 Å². The molecule has 1 N–H and O–H groups in total. The minimum absolute atomic E-state index is 0. The van der Waals surface area contributed by atoms with Gasteiger partial charge in [0.05, 0.1) is 5.54 Å². The van der Waals surface area contributed by atoms with Gasteiger partial charge in [0.1, 0.15) is 6.17 Å². The van der Waals surface area contributed by atoms with Gasteiger partial charge in [0.15, 0.2) is 0 Å². The molecule has 1 aliphatic rings. The van der Waals surface area contributed by atoms with Crippen LogP contribution in [0.25, 0.3) is 0 Å². The van der Waals surface area contributed by atoms with Gasteiger partial charge in [0.25, 0.3) is 0 Å². The Morgan fingerprint density at radius 1 is 1.33 bits per heavy atom. The quantitative estimate of drug-likeness (QED) is 0.781. The molecule has 2 unspecified atom stereocenters. The van der Waals surface area contributed by atoms with Crippen molar-refractivity contribution in [2.24, 2.45) is 0 Å². The van der Waals surface area contributed by atoms with E-state index in [1.54, 1.807) is 0 Å². The maximum Gasteiger partial charge on any atom is 0.122 e. The van der Waals surface area contributed by atoms with E-state index in [9.17, 15) is 4.39 Å². The Morgan fingerprint density at radius 3 is 2.60 bits per heavy atom. The van der Waals surface area contributed by atoms with Gasteiger partial charge in [-0.1, -0.05) is 30.3 Å². The number of piperidine rings is 1. The second-order valence-corrected chi connectivity index (χ2v) is 4.10. The first-order valence-electron chi connectivity index (χ1n) is 5.18. The van der Waals surface area contributed by atoms with E-state index in [1.165, 1.54) is 0 Å². The van der Waals surface area contributed by atoms with Crippen molar-refractivity contribution in [3.8, 4) is 0 Å². The molecule has 1 heterocycles. The van der Waals surface area contributed by atoms with Gasteiger partial charge in [-0.25, -0.2) is 4.39 Å². The van der Waals surface area contributed by atoms with Crippen molar-refractivity contribution in [1.82, 2.24) is 5.32 Å². The van der Waals surface area contributed by atoms with Crippen molar-refractivity contribution in [2.45, 2.75) is 31.5 Å². The number of rotatable bonds is 1.